The van der Waals surface area contributed by atoms with Crippen molar-refractivity contribution in [3.05, 3.63) is 65.7 Å². The van der Waals surface area contributed by atoms with Crippen molar-refractivity contribution in [3.8, 4) is 11.8 Å². The molecule has 0 bridgehead atoms. The molecule has 2 aromatic carbocycles. The zero-order chi connectivity index (χ0) is 17.9. The van der Waals surface area contributed by atoms with Crippen LogP contribution in [-0.4, -0.2) is 29.9 Å². The quantitative estimate of drug-likeness (QED) is 0.786. The van der Waals surface area contributed by atoms with E-state index in [1.807, 2.05) is 61.5 Å². The van der Waals surface area contributed by atoms with Crippen LogP contribution in [0.4, 0.5) is 5.69 Å². The molecule has 0 radical (unpaired) electrons. The number of aryl methyl sites for hydroxylation is 1. The van der Waals surface area contributed by atoms with Crippen LogP contribution in [0.1, 0.15) is 11.1 Å². The summed E-state index contributed by atoms with van der Waals surface area (Å²) in [5.41, 5.74) is 2.77. The Bertz CT molecular complexity index is 779. The van der Waals surface area contributed by atoms with Gasteiger partial charge in [-0.2, -0.15) is 0 Å². The molecule has 2 amide bonds. The predicted octanol–water partition coefficient (Wildman–Crippen LogP) is 2.83. The van der Waals surface area contributed by atoms with Gasteiger partial charge in [-0.3, -0.25) is 9.59 Å². The predicted molar refractivity (Wildman–Crippen MR) is 103 cm³/mol. The van der Waals surface area contributed by atoms with Crippen LogP contribution in [0.3, 0.4) is 0 Å². The van der Waals surface area contributed by atoms with Crippen LogP contribution in [0.15, 0.2) is 54.6 Å². The average molecular weight is 352 g/mol. The summed E-state index contributed by atoms with van der Waals surface area (Å²) in [6, 6.07) is 17.2. The second-order valence-electron chi connectivity index (χ2n) is 5.35. The first-order valence-electron chi connectivity index (χ1n) is 7.88. The fourth-order valence-corrected chi connectivity index (χ4v) is 2.66. The van der Waals surface area contributed by atoms with Gasteiger partial charge in [-0.15, -0.1) is 11.8 Å². The first-order valence-corrected chi connectivity index (χ1v) is 9.04. The van der Waals surface area contributed by atoms with Crippen LogP contribution in [-0.2, 0) is 9.59 Å². The van der Waals surface area contributed by atoms with Crippen LogP contribution in [0.2, 0.25) is 0 Å². The molecule has 0 aromatic heterocycles. The van der Waals surface area contributed by atoms with Crippen molar-refractivity contribution in [1.82, 2.24) is 5.32 Å². The number of carbonyl (C=O) groups excluding carboxylic acids is 2. The normalized spacial score (nSPS) is 9.64. The van der Waals surface area contributed by atoms with Gasteiger partial charge in [0.1, 0.15) is 0 Å². The van der Waals surface area contributed by atoms with E-state index < -0.39 is 0 Å². The Labute approximate surface area is 152 Å². The molecule has 5 heteroatoms. The number of nitrogens with one attached hydrogen (secondary N) is 2. The van der Waals surface area contributed by atoms with Crippen molar-refractivity contribution >= 4 is 29.3 Å². The van der Waals surface area contributed by atoms with Crippen LogP contribution in [0, 0.1) is 18.8 Å². The summed E-state index contributed by atoms with van der Waals surface area (Å²) in [7, 11) is 0. The third kappa shape index (κ3) is 7.60. The summed E-state index contributed by atoms with van der Waals surface area (Å²) in [6.07, 6.45) is 0. The first kappa shape index (κ1) is 18.6. The third-order valence-electron chi connectivity index (χ3n) is 3.15. The highest BCUT2D eigenvalue weighted by atomic mass is 32.2. The lowest BCUT2D eigenvalue weighted by Crippen LogP contribution is -2.26. The van der Waals surface area contributed by atoms with Gasteiger partial charge in [-0.25, -0.2) is 0 Å². The van der Waals surface area contributed by atoms with Crippen molar-refractivity contribution in [2.24, 2.45) is 0 Å². The second kappa shape index (κ2) is 10.2. The molecule has 0 atom stereocenters. The SMILES string of the molecule is Cc1cccc(NC(=O)CSCC(=O)NCC#Cc2ccccc2)c1. The Hall–Kier alpha value is -2.71. The Morgan fingerprint density at radius 1 is 1.00 bits per heavy atom. The Balaban J connectivity index is 1.62. The molecule has 0 aliphatic heterocycles. The summed E-state index contributed by atoms with van der Waals surface area (Å²) in [4.78, 5) is 23.5. The Morgan fingerprint density at radius 3 is 2.52 bits per heavy atom. The molecule has 25 heavy (non-hydrogen) atoms. The molecule has 4 nitrogen and oxygen atoms in total. The highest BCUT2D eigenvalue weighted by Crippen LogP contribution is 2.10. The van der Waals surface area contributed by atoms with Gasteiger partial charge < -0.3 is 10.6 Å². The summed E-state index contributed by atoms with van der Waals surface area (Å²) in [5, 5.41) is 5.53. The maximum absolute atomic E-state index is 11.8. The molecule has 0 spiro atoms. The molecule has 2 N–H and O–H groups in total. The van der Waals surface area contributed by atoms with Gasteiger partial charge in [0.25, 0.3) is 0 Å². The molecule has 0 unspecified atom stereocenters. The van der Waals surface area contributed by atoms with E-state index in [9.17, 15) is 9.59 Å². The standard InChI is InChI=1S/C20H20N2O2S/c1-16-7-5-11-18(13-16)22-20(24)15-25-14-19(23)21-12-6-10-17-8-3-2-4-9-17/h2-5,7-9,11,13H,12,14-15H2,1H3,(H,21,23)(H,22,24). The number of carbonyl (C=O) groups is 2. The zero-order valence-electron chi connectivity index (χ0n) is 14.0. The van der Waals surface area contributed by atoms with E-state index in [4.69, 9.17) is 0 Å². The number of rotatable bonds is 6. The summed E-state index contributed by atoms with van der Waals surface area (Å²) < 4.78 is 0. The first-order chi connectivity index (χ1) is 12.1. The minimum Gasteiger partial charge on any atom is -0.344 e. The van der Waals surface area contributed by atoms with E-state index in [1.165, 1.54) is 11.8 Å². The van der Waals surface area contributed by atoms with Gasteiger partial charge in [0.05, 0.1) is 18.1 Å². The summed E-state index contributed by atoms with van der Waals surface area (Å²) in [5.74, 6) is 6.09. The minimum absolute atomic E-state index is 0.118. The van der Waals surface area contributed by atoms with Crippen LogP contribution in [0.5, 0.6) is 0 Å². The average Bonchev–Trinajstić information content (AvgIpc) is 2.60. The number of anilines is 1. The molecule has 0 saturated carbocycles. The van der Waals surface area contributed by atoms with Gasteiger partial charge in [0.15, 0.2) is 0 Å². The molecule has 2 rings (SSSR count). The molecule has 2 aromatic rings. The summed E-state index contributed by atoms with van der Waals surface area (Å²) in [6.45, 7) is 2.26. The van der Waals surface area contributed by atoms with E-state index in [0.29, 0.717) is 6.54 Å². The van der Waals surface area contributed by atoms with Crippen molar-refractivity contribution < 1.29 is 9.59 Å². The van der Waals surface area contributed by atoms with Crippen LogP contribution >= 0.6 is 11.8 Å². The molecule has 0 aliphatic rings. The van der Waals surface area contributed by atoms with Crippen molar-refractivity contribution in [3.63, 3.8) is 0 Å². The van der Waals surface area contributed by atoms with Crippen LogP contribution in [0.25, 0.3) is 0 Å². The molecular formula is C20H20N2O2S. The van der Waals surface area contributed by atoms with Gasteiger partial charge in [0.2, 0.25) is 11.8 Å². The highest BCUT2D eigenvalue weighted by molar-refractivity contribution is 8.00. The van der Waals surface area contributed by atoms with E-state index in [-0.39, 0.29) is 23.3 Å². The number of hydrogen-bond acceptors (Lipinski definition) is 3. The smallest absolute Gasteiger partial charge is 0.234 e. The molecular weight excluding hydrogens is 332 g/mol. The van der Waals surface area contributed by atoms with E-state index in [0.717, 1.165) is 16.8 Å². The monoisotopic (exact) mass is 352 g/mol. The lowest BCUT2D eigenvalue weighted by atomic mass is 10.2. The van der Waals surface area contributed by atoms with Gasteiger partial charge >= 0.3 is 0 Å². The third-order valence-corrected chi connectivity index (χ3v) is 4.08. The largest absolute Gasteiger partial charge is 0.344 e. The topological polar surface area (TPSA) is 58.2 Å². The maximum atomic E-state index is 11.8. The zero-order valence-corrected chi connectivity index (χ0v) is 14.9. The van der Waals surface area contributed by atoms with E-state index in [2.05, 4.69) is 22.5 Å². The molecule has 0 fully saturated rings. The minimum atomic E-state index is -0.129. The second-order valence-corrected chi connectivity index (χ2v) is 6.34. The molecule has 128 valence electrons. The number of benzene rings is 2. The number of hydrogen-bond donors (Lipinski definition) is 2. The van der Waals surface area contributed by atoms with Crippen molar-refractivity contribution in [2.45, 2.75) is 6.92 Å². The Morgan fingerprint density at radius 2 is 1.76 bits per heavy atom. The molecule has 0 heterocycles. The fraction of sp³-hybridized carbons (Fsp3) is 0.200. The Kier molecular flexibility index (Phi) is 7.61. The van der Waals surface area contributed by atoms with Gasteiger partial charge in [0, 0.05) is 11.3 Å². The van der Waals surface area contributed by atoms with Gasteiger partial charge in [-0.1, -0.05) is 42.2 Å². The number of amides is 2. The van der Waals surface area contributed by atoms with Gasteiger partial charge in [-0.05, 0) is 36.8 Å². The molecule has 0 aliphatic carbocycles. The summed E-state index contributed by atoms with van der Waals surface area (Å²) >= 11 is 1.28. The molecule has 0 saturated heterocycles. The van der Waals surface area contributed by atoms with E-state index in [1.54, 1.807) is 0 Å². The highest BCUT2D eigenvalue weighted by Gasteiger charge is 2.05. The number of thioether (sulfide) groups is 1. The lowest BCUT2D eigenvalue weighted by molar-refractivity contribution is -0.118. The lowest BCUT2D eigenvalue weighted by Gasteiger charge is -2.06. The fourth-order valence-electron chi connectivity index (χ4n) is 2.02. The van der Waals surface area contributed by atoms with Crippen molar-refractivity contribution in [1.29, 1.82) is 0 Å². The maximum Gasteiger partial charge on any atom is 0.234 e. The van der Waals surface area contributed by atoms with Crippen molar-refractivity contribution in [2.75, 3.05) is 23.4 Å². The van der Waals surface area contributed by atoms with Crippen LogP contribution < -0.4 is 10.6 Å². The van der Waals surface area contributed by atoms with E-state index >= 15 is 0 Å².